The summed E-state index contributed by atoms with van der Waals surface area (Å²) >= 11 is 0. The molecule has 0 heterocycles. The molecule has 3 aromatic rings. The Morgan fingerprint density at radius 1 is 0.825 bits per heavy atom. The van der Waals surface area contributed by atoms with Gasteiger partial charge < -0.3 is 10.2 Å². The van der Waals surface area contributed by atoms with Gasteiger partial charge in [-0.25, -0.2) is 8.42 Å². The van der Waals surface area contributed by atoms with Crippen LogP contribution in [0.5, 0.6) is 0 Å². The van der Waals surface area contributed by atoms with Gasteiger partial charge in [0.1, 0.15) is 12.6 Å². The van der Waals surface area contributed by atoms with E-state index in [0.29, 0.717) is 5.69 Å². The second-order valence-corrected chi connectivity index (χ2v) is 13.5. The molecule has 0 saturated heterocycles. The first kappa shape index (κ1) is 30.9. The molecule has 0 unspecified atom stereocenters. The molecule has 0 radical (unpaired) electrons. The molecule has 1 atom stereocenters. The normalized spacial score (nSPS) is 12.5. The largest absolute Gasteiger partial charge is 0.350 e. The van der Waals surface area contributed by atoms with E-state index in [2.05, 4.69) is 5.32 Å². The molecule has 8 heteroatoms. The molecule has 40 heavy (non-hydrogen) atoms. The number of rotatable bonds is 10. The van der Waals surface area contributed by atoms with E-state index in [4.69, 9.17) is 0 Å². The molecule has 0 aliphatic carbocycles. The van der Waals surface area contributed by atoms with Gasteiger partial charge in [0, 0.05) is 18.5 Å². The highest BCUT2D eigenvalue weighted by atomic mass is 32.2. The fourth-order valence-electron chi connectivity index (χ4n) is 4.61. The first-order valence-corrected chi connectivity index (χ1v) is 15.2. The Hall–Kier alpha value is -3.65. The maximum atomic E-state index is 14.2. The molecule has 0 aliphatic rings. The van der Waals surface area contributed by atoms with Gasteiger partial charge in [0.15, 0.2) is 0 Å². The Kier molecular flexibility index (Phi) is 9.79. The zero-order valence-electron chi connectivity index (χ0n) is 24.6. The van der Waals surface area contributed by atoms with Crippen LogP contribution in [-0.4, -0.2) is 49.5 Å². The molecule has 7 nitrogen and oxygen atoms in total. The third-order valence-electron chi connectivity index (χ3n) is 6.42. The van der Waals surface area contributed by atoms with E-state index in [1.807, 2.05) is 102 Å². The van der Waals surface area contributed by atoms with Gasteiger partial charge >= 0.3 is 0 Å². The fraction of sp³-hybridized carbons (Fsp3) is 0.375. The van der Waals surface area contributed by atoms with Crippen LogP contribution in [-0.2, 0) is 32.6 Å². The van der Waals surface area contributed by atoms with Crippen LogP contribution in [0, 0.1) is 20.8 Å². The van der Waals surface area contributed by atoms with Gasteiger partial charge in [-0.15, -0.1) is 0 Å². The standard InChI is InChI=1S/C32H41N3O4S/c1-23-13-15-27(16-14-23)21-34(29(31(37)33-32(4,5)6)20-26-11-9-8-10-12-26)30(36)22-35(40(7,38)39)28-18-24(2)17-25(3)19-28/h8-19,29H,20-22H2,1-7H3,(H,33,37)/t29-/m1/s1. The number of sulfonamides is 1. The Morgan fingerprint density at radius 2 is 1.40 bits per heavy atom. The maximum absolute atomic E-state index is 14.2. The Balaban J connectivity index is 2.08. The van der Waals surface area contributed by atoms with Crippen molar-refractivity contribution < 1.29 is 18.0 Å². The van der Waals surface area contributed by atoms with Crippen molar-refractivity contribution in [3.63, 3.8) is 0 Å². The lowest BCUT2D eigenvalue weighted by molar-refractivity contribution is -0.140. The number of anilines is 1. The smallest absolute Gasteiger partial charge is 0.244 e. The zero-order chi connectivity index (χ0) is 29.7. The number of aryl methyl sites for hydroxylation is 3. The van der Waals surface area contributed by atoms with Crippen LogP contribution in [0.4, 0.5) is 5.69 Å². The van der Waals surface area contributed by atoms with E-state index in [1.54, 1.807) is 12.1 Å². The van der Waals surface area contributed by atoms with Crippen molar-refractivity contribution in [1.82, 2.24) is 10.2 Å². The molecule has 1 N–H and O–H groups in total. The third kappa shape index (κ3) is 8.95. The Bertz CT molecular complexity index is 1410. The predicted octanol–water partition coefficient (Wildman–Crippen LogP) is 4.93. The first-order valence-electron chi connectivity index (χ1n) is 13.4. The summed E-state index contributed by atoms with van der Waals surface area (Å²) in [5.41, 5.74) is 4.49. The molecule has 2 amide bonds. The zero-order valence-corrected chi connectivity index (χ0v) is 25.4. The van der Waals surface area contributed by atoms with Crippen molar-refractivity contribution in [2.45, 2.75) is 66.1 Å². The monoisotopic (exact) mass is 563 g/mol. The molecule has 0 fully saturated rings. The molecule has 0 aliphatic heterocycles. The van der Waals surface area contributed by atoms with Crippen LogP contribution in [0.25, 0.3) is 0 Å². The number of carbonyl (C=O) groups excluding carboxylic acids is 2. The maximum Gasteiger partial charge on any atom is 0.244 e. The molecule has 0 aromatic heterocycles. The highest BCUT2D eigenvalue weighted by molar-refractivity contribution is 7.92. The van der Waals surface area contributed by atoms with Crippen molar-refractivity contribution in [3.05, 3.63) is 101 Å². The molecular weight excluding hydrogens is 522 g/mol. The summed E-state index contributed by atoms with van der Waals surface area (Å²) in [6, 6.07) is 21.9. The van der Waals surface area contributed by atoms with Gasteiger partial charge in [0.05, 0.1) is 11.9 Å². The SMILES string of the molecule is Cc1ccc(CN(C(=O)CN(c2cc(C)cc(C)c2)S(C)(=O)=O)[C@H](Cc2ccccc2)C(=O)NC(C)(C)C)cc1. The number of benzene rings is 3. The first-order chi connectivity index (χ1) is 18.6. The number of hydrogen-bond acceptors (Lipinski definition) is 4. The van der Waals surface area contributed by atoms with Crippen molar-refractivity contribution in [2.24, 2.45) is 0 Å². The molecule has 0 spiro atoms. The van der Waals surface area contributed by atoms with E-state index in [0.717, 1.165) is 38.4 Å². The summed E-state index contributed by atoms with van der Waals surface area (Å²) in [6.45, 7) is 11.1. The highest BCUT2D eigenvalue weighted by Gasteiger charge is 2.34. The van der Waals surface area contributed by atoms with Gasteiger partial charge in [-0.05, 0) is 75.9 Å². The molecule has 3 rings (SSSR count). The van der Waals surface area contributed by atoms with Gasteiger partial charge in [-0.1, -0.05) is 66.2 Å². The van der Waals surface area contributed by atoms with Gasteiger partial charge in [0.2, 0.25) is 21.8 Å². The third-order valence-corrected chi connectivity index (χ3v) is 7.56. The lowest BCUT2D eigenvalue weighted by atomic mass is 10.0. The number of carbonyl (C=O) groups is 2. The van der Waals surface area contributed by atoms with Crippen LogP contribution in [0.2, 0.25) is 0 Å². The van der Waals surface area contributed by atoms with Crippen LogP contribution in [0.15, 0.2) is 72.8 Å². The summed E-state index contributed by atoms with van der Waals surface area (Å²) in [5.74, 6) is -0.760. The molecule has 0 saturated carbocycles. The quantitative estimate of drug-likeness (QED) is 0.379. The summed E-state index contributed by atoms with van der Waals surface area (Å²) in [6.07, 6.45) is 1.37. The second kappa shape index (κ2) is 12.7. The van der Waals surface area contributed by atoms with Crippen LogP contribution >= 0.6 is 0 Å². The molecule has 3 aromatic carbocycles. The molecular formula is C32H41N3O4S. The minimum atomic E-state index is -3.81. The number of hydrogen-bond donors (Lipinski definition) is 1. The average molecular weight is 564 g/mol. The van der Waals surface area contributed by atoms with Crippen molar-refractivity contribution in [3.8, 4) is 0 Å². The number of nitrogens with one attached hydrogen (secondary N) is 1. The van der Waals surface area contributed by atoms with Crippen LogP contribution < -0.4 is 9.62 Å². The predicted molar refractivity (Wildman–Crippen MR) is 162 cm³/mol. The number of amides is 2. The van der Waals surface area contributed by atoms with E-state index in [1.165, 1.54) is 4.90 Å². The van der Waals surface area contributed by atoms with E-state index in [9.17, 15) is 18.0 Å². The van der Waals surface area contributed by atoms with E-state index < -0.39 is 34.1 Å². The van der Waals surface area contributed by atoms with Crippen molar-refractivity contribution in [2.75, 3.05) is 17.1 Å². The minimum Gasteiger partial charge on any atom is -0.350 e. The summed E-state index contributed by atoms with van der Waals surface area (Å²) in [7, 11) is -3.81. The summed E-state index contributed by atoms with van der Waals surface area (Å²) in [4.78, 5) is 29.4. The average Bonchev–Trinajstić information content (AvgIpc) is 2.84. The number of nitrogens with zero attached hydrogens (tertiary/aromatic N) is 2. The van der Waals surface area contributed by atoms with Crippen molar-refractivity contribution in [1.29, 1.82) is 0 Å². The van der Waals surface area contributed by atoms with Crippen molar-refractivity contribution >= 4 is 27.5 Å². The van der Waals surface area contributed by atoms with Crippen LogP contribution in [0.3, 0.4) is 0 Å². The summed E-state index contributed by atoms with van der Waals surface area (Å²) < 4.78 is 27.1. The minimum absolute atomic E-state index is 0.151. The second-order valence-electron chi connectivity index (χ2n) is 11.6. The topological polar surface area (TPSA) is 86.8 Å². The van der Waals surface area contributed by atoms with Gasteiger partial charge in [0.25, 0.3) is 0 Å². The molecule has 214 valence electrons. The Morgan fingerprint density at radius 3 is 1.93 bits per heavy atom. The lowest BCUT2D eigenvalue weighted by Gasteiger charge is -2.35. The molecule has 0 bridgehead atoms. The van der Waals surface area contributed by atoms with E-state index >= 15 is 0 Å². The summed E-state index contributed by atoms with van der Waals surface area (Å²) in [5, 5.41) is 3.04. The highest BCUT2D eigenvalue weighted by Crippen LogP contribution is 2.23. The van der Waals surface area contributed by atoms with Crippen LogP contribution in [0.1, 0.15) is 48.6 Å². The fourth-order valence-corrected chi connectivity index (χ4v) is 5.44. The van der Waals surface area contributed by atoms with Gasteiger partial charge in [-0.3, -0.25) is 13.9 Å². The Labute approximate surface area is 239 Å². The van der Waals surface area contributed by atoms with Gasteiger partial charge in [-0.2, -0.15) is 0 Å². The van der Waals surface area contributed by atoms with E-state index in [-0.39, 0.29) is 18.9 Å². The lowest BCUT2D eigenvalue weighted by Crippen LogP contribution is -2.56.